The van der Waals surface area contributed by atoms with Gasteiger partial charge in [-0.1, -0.05) is 52.8 Å². The summed E-state index contributed by atoms with van der Waals surface area (Å²) in [4.78, 5) is 72.6. The van der Waals surface area contributed by atoms with Gasteiger partial charge >= 0.3 is 12.2 Å². The zero-order valence-corrected chi connectivity index (χ0v) is 35.4. The van der Waals surface area contributed by atoms with Crippen LogP contribution in [0.5, 0.6) is 5.75 Å². The van der Waals surface area contributed by atoms with E-state index in [9.17, 15) is 19.2 Å². The van der Waals surface area contributed by atoms with E-state index in [4.69, 9.17) is 24.2 Å². The smallest absolute Gasteiger partial charge is 0.407 e. The molecule has 2 saturated heterocycles. The van der Waals surface area contributed by atoms with Gasteiger partial charge in [-0.05, 0) is 90.3 Å². The van der Waals surface area contributed by atoms with Crippen LogP contribution < -0.4 is 15.4 Å². The van der Waals surface area contributed by atoms with Crippen molar-refractivity contribution in [3.8, 4) is 28.1 Å². The number of alkyl carbamates (subject to hydrolysis) is 2. The summed E-state index contributed by atoms with van der Waals surface area (Å²) in [7, 11) is 2.59. The van der Waals surface area contributed by atoms with Gasteiger partial charge in [0.15, 0.2) is 0 Å². The lowest BCUT2D eigenvalue weighted by Crippen LogP contribution is -2.52. The molecule has 5 aromatic rings. The number of hydrogen-bond acceptors (Lipinski definition) is 9. The minimum Gasteiger partial charge on any atom is -0.488 e. The molecule has 8 rings (SSSR count). The lowest BCUT2D eigenvalue weighted by atomic mass is 9.92. The molecule has 15 nitrogen and oxygen atoms in total. The molecule has 2 aromatic heterocycles. The Morgan fingerprint density at radius 1 is 0.833 bits per heavy atom. The first kappa shape index (κ1) is 40.7. The third-order valence-corrected chi connectivity index (χ3v) is 12.4. The second kappa shape index (κ2) is 16.1. The van der Waals surface area contributed by atoms with E-state index in [1.807, 2.05) is 56.7 Å². The molecular formula is C45H54N8O7. The van der Waals surface area contributed by atoms with Crippen LogP contribution >= 0.6 is 0 Å². The lowest BCUT2D eigenvalue weighted by molar-refractivity contribution is -0.137. The number of imidazole rings is 2. The van der Waals surface area contributed by atoms with Gasteiger partial charge in [0, 0.05) is 23.5 Å². The van der Waals surface area contributed by atoms with Crippen molar-refractivity contribution in [3.05, 3.63) is 65.9 Å². The lowest BCUT2D eigenvalue weighted by Gasteiger charge is -2.32. The maximum atomic E-state index is 14.0. The van der Waals surface area contributed by atoms with Crippen LogP contribution in [-0.2, 0) is 25.7 Å². The number of carbonyl (C=O) groups excluding carboxylic acids is 4. The minimum absolute atomic E-state index is 0.0255. The SMILES string of the molecule is COC(=O)NC(C(=O)N1C[C@@H](C)CC1c1ncc(-c2ccc3c(c2)COc2cc4c(ccc5[nH]c([C@@H]6CC[C@H](C)N6C(=O)[C@@H](NC(=O)OC)C(C)C)nc54)cc2-3)[nH]1)C(C)C. The first-order valence-electron chi connectivity index (χ1n) is 20.9. The van der Waals surface area contributed by atoms with Crippen LogP contribution in [0, 0.1) is 17.8 Å². The summed E-state index contributed by atoms with van der Waals surface area (Å²) in [5.74, 6) is 1.89. The normalized spacial score (nSPS) is 20.8. The van der Waals surface area contributed by atoms with E-state index in [-0.39, 0.29) is 47.7 Å². The molecule has 2 unspecified atom stereocenters. The number of H-pyrrole nitrogens is 2. The largest absolute Gasteiger partial charge is 0.488 e. The number of carbonyl (C=O) groups is 4. The molecule has 0 radical (unpaired) electrons. The van der Waals surface area contributed by atoms with Crippen LogP contribution in [0.25, 0.3) is 44.2 Å². The Morgan fingerprint density at radius 3 is 2.25 bits per heavy atom. The Hall–Kier alpha value is -6.12. The van der Waals surface area contributed by atoms with Gasteiger partial charge in [0.05, 0.1) is 49.2 Å². The summed E-state index contributed by atoms with van der Waals surface area (Å²) in [5, 5.41) is 7.42. The maximum Gasteiger partial charge on any atom is 0.407 e. The zero-order chi connectivity index (χ0) is 42.6. The first-order chi connectivity index (χ1) is 28.8. The van der Waals surface area contributed by atoms with Gasteiger partial charge in [-0.2, -0.15) is 0 Å². The molecule has 316 valence electrons. The Labute approximate surface area is 348 Å². The third kappa shape index (κ3) is 7.38. The van der Waals surface area contributed by atoms with E-state index in [0.29, 0.717) is 24.8 Å². The number of nitrogens with one attached hydrogen (secondary N) is 4. The summed E-state index contributed by atoms with van der Waals surface area (Å²) in [6, 6.07) is 12.7. The van der Waals surface area contributed by atoms with Crippen molar-refractivity contribution >= 4 is 45.8 Å². The molecule has 2 fully saturated rings. The van der Waals surface area contributed by atoms with Crippen molar-refractivity contribution in [2.75, 3.05) is 20.8 Å². The number of aromatic nitrogens is 4. The van der Waals surface area contributed by atoms with Gasteiger partial charge in [-0.25, -0.2) is 19.6 Å². The first-order valence-corrected chi connectivity index (χ1v) is 20.9. The van der Waals surface area contributed by atoms with Crippen LogP contribution in [0.4, 0.5) is 9.59 Å². The van der Waals surface area contributed by atoms with E-state index in [1.54, 1.807) is 0 Å². The van der Waals surface area contributed by atoms with Crippen molar-refractivity contribution in [3.63, 3.8) is 0 Å². The van der Waals surface area contributed by atoms with Crippen molar-refractivity contribution in [1.29, 1.82) is 0 Å². The highest BCUT2D eigenvalue weighted by Gasteiger charge is 2.42. The molecule has 3 aliphatic rings. The number of amides is 4. The zero-order valence-electron chi connectivity index (χ0n) is 35.4. The molecule has 5 heterocycles. The molecule has 15 heteroatoms. The minimum atomic E-state index is -0.726. The van der Waals surface area contributed by atoms with Gasteiger partial charge in [0.25, 0.3) is 0 Å². The molecular weight excluding hydrogens is 765 g/mol. The highest BCUT2D eigenvalue weighted by Crippen LogP contribution is 2.44. The molecule has 0 aliphatic carbocycles. The number of benzene rings is 3. The van der Waals surface area contributed by atoms with E-state index in [2.05, 4.69) is 63.9 Å². The van der Waals surface area contributed by atoms with Gasteiger partial charge in [0.2, 0.25) is 11.8 Å². The number of ether oxygens (including phenoxy) is 3. The van der Waals surface area contributed by atoms with Crippen molar-refractivity contribution < 1.29 is 33.4 Å². The monoisotopic (exact) mass is 818 g/mol. The quantitative estimate of drug-likeness (QED) is 0.118. The Kier molecular flexibility index (Phi) is 10.9. The van der Waals surface area contributed by atoms with Gasteiger partial charge in [0.1, 0.15) is 36.1 Å². The Balaban J connectivity index is 1.05. The second-order valence-corrected chi connectivity index (χ2v) is 17.2. The summed E-state index contributed by atoms with van der Waals surface area (Å²) < 4.78 is 16.0. The van der Waals surface area contributed by atoms with Gasteiger partial charge in [-0.3, -0.25) is 9.59 Å². The molecule has 0 spiro atoms. The highest BCUT2D eigenvalue weighted by atomic mass is 16.5. The maximum absolute atomic E-state index is 14.0. The van der Waals surface area contributed by atoms with E-state index in [1.165, 1.54) is 14.2 Å². The predicted molar refractivity (Wildman–Crippen MR) is 226 cm³/mol. The molecule has 3 aromatic carbocycles. The fourth-order valence-electron chi connectivity index (χ4n) is 9.19. The number of methoxy groups -OCH3 is 2. The number of rotatable bonds is 9. The topological polar surface area (TPSA) is 184 Å². The van der Waals surface area contributed by atoms with E-state index >= 15 is 0 Å². The number of hydrogen-bond donors (Lipinski definition) is 4. The Bertz CT molecular complexity index is 2470. The van der Waals surface area contributed by atoms with Gasteiger partial charge in [-0.15, -0.1) is 0 Å². The molecule has 0 saturated carbocycles. The summed E-state index contributed by atoms with van der Waals surface area (Å²) in [5.41, 5.74) is 6.58. The number of likely N-dealkylation sites (tertiary alicyclic amines) is 2. The van der Waals surface area contributed by atoms with Crippen LogP contribution in [0.1, 0.15) is 90.1 Å². The molecule has 4 N–H and O–H groups in total. The Morgan fingerprint density at radius 2 is 1.55 bits per heavy atom. The standard InChI is InChI=1S/C45H54N8O7/c1-22(2)37(50-44(56)58-7)42(54)52-20-24(5)15-35(52)40-46-19-33(48-40)27-10-12-29-28(16-27)21-60-36-18-30-26(17-31(29)36)11-13-32-39(30)49-41(47-32)34-14-9-25(6)53(34)43(55)38(23(3)4)51-45(57)59-8/h10-13,16-19,22-25,34-35,37-38H,9,14-15,20-21H2,1-8H3,(H,46,48)(H,47,49)(H,50,56)(H,51,57)/t24-,25-,34-,35?,37?,38-/m0/s1. The average Bonchev–Trinajstić information content (AvgIpc) is 4.05. The number of fused-ring (bicyclic) bond motifs is 6. The average molecular weight is 819 g/mol. The molecule has 3 aliphatic heterocycles. The fourth-order valence-corrected chi connectivity index (χ4v) is 9.19. The van der Waals surface area contributed by atoms with Crippen molar-refractivity contribution in [2.24, 2.45) is 17.8 Å². The van der Waals surface area contributed by atoms with Gasteiger partial charge < -0.3 is 44.6 Å². The highest BCUT2D eigenvalue weighted by molar-refractivity contribution is 6.07. The molecule has 0 bridgehead atoms. The summed E-state index contributed by atoms with van der Waals surface area (Å²) in [6.07, 6.45) is 2.87. The van der Waals surface area contributed by atoms with Crippen molar-refractivity contribution in [2.45, 2.75) is 97.6 Å². The summed E-state index contributed by atoms with van der Waals surface area (Å²) in [6.45, 7) is 12.7. The van der Waals surface area contributed by atoms with Crippen LogP contribution in [0.3, 0.4) is 0 Å². The predicted octanol–water partition coefficient (Wildman–Crippen LogP) is 7.39. The molecule has 4 amide bonds. The van der Waals surface area contributed by atoms with Crippen molar-refractivity contribution in [1.82, 2.24) is 40.4 Å². The number of aromatic amines is 2. The van der Waals surface area contributed by atoms with E-state index in [0.717, 1.165) is 74.8 Å². The molecule has 6 atom stereocenters. The summed E-state index contributed by atoms with van der Waals surface area (Å²) >= 11 is 0. The van der Waals surface area contributed by atoms with Crippen LogP contribution in [-0.4, -0.2) is 92.6 Å². The van der Waals surface area contributed by atoms with Crippen LogP contribution in [0.15, 0.2) is 48.7 Å². The fraction of sp³-hybridized carbons (Fsp3) is 0.467. The number of nitrogens with zero attached hydrogens (tertiary/aromatic N) is 4. The van der Waals surface area contributed by atoms with Crippen LogP contribution in [0.2, 0.25) is 0 Å². The molecule has 60 heavy (non-hydrogen) atoms. The second-order valence-electron chi connectivity index (χ2n) is 17.2. The van der Waals surface area contributed by atoms with E-state index < -0.39 is 24.3 Å². The third-order valence-electron chi connectivity index (χ3n) is 12.4.